The second kappa shape index (κ2) is 8.98. The molecule has 1 saturated carbocycles. The summed E-state index contributed by atoms with van der Waals surface area (Å²) in [6.07, 6.45) is 3.19. The number of nitrogens with one attached hydrogen (secondary N) is 2. The minimum absolute atomic E-state index is 0.110. The van der Waals surface area contributed by atoms with Gasteiger partial charge in [-0.3, -0.25) is 9.59 Å². The number of benzene rings is 2. The second-order valence-corrected chi connectivity index (χ2v) is 10.3. The van der Waals surface area contributed by atoms with E-state index < -0.39 is 15.9 Å². The van der Waals surface area contributed by atoms with Crippen LogP contribution in [0.1, 0.15) is 36.0 Å². The Labute approximate surface area is 186 Å². The highest BCUT2D eigenvalue weighted by Gasteiger charge is 2.33. The maximum Gasteiger partial charge on any atom is 0.251 e. The van der Waals surface area contributed by atoms with Crippen molar-refractivity contribution in [3.63, 3.8) is 0 Å². The zero-order valence-corrected chi connectivity index (χ0v) is 18.5. The number of piperidine rings is 1. The van der Waals surface area contributed by atoms with Crippen molar-refractivity contribution < 1.29 is 18.0 Å². The molecule has 0 radical (unpaired) electrons. The number of nitrogens with zero attached hydrogens (tertiary/aromatic N) is 1. The molecule has 2 fully saturated rings. The van der Waals surface area contributed by atoms with Gasteiger partial charge in [0.15, 0.2) is 0 Å². The molecule has 164 valence electrons. The normalized spacial score (nSPS) is 19.6. The molecule has 2 N–H and O–H groups in total. The Hall–Kier alpha value is -2.42. The van der Waals surface area contributed by atoms with Gasteiger partial charge in [0.25, 0.3) is 5.91 Å². The Bertz CT molecular complexity index is 1080. The van der Waals surface area contributed by atoms with Crippen molar-refractivity contribution >= 4 is 39.1 Å². The lowest BCUT2D eigenvalue weighted by molar-refractivity contribution is -0.120. The van der Waals surface area contributed by atoms with Crippen molar-refractivity contribution in [1.82, 2.24) is 9.62 Å². The average Bonchev–Trinajstić information content (AvgIpc) is 3.58. The van der Waals surface area contributed by atoms with Crippen LogP contribution in [0.25, 0.3) is 0 Å². The number of amides is 2. The zero-order chi connectivity index (χ0) is 22.0. The Morgan fingerprint density at radius 1 is 1.03 bits per heavy atom. The molecule has 2 aromatic carbocycles. The SMILES string of the molecule is O=C(NC1CC1)c1cccc(NC(=O)C2CCCN(S(=O)(=O)c3ccc(Cl)cc3)C2)c1. The lowest BCUT2D eigenvalue weighted by Gasteiger charge is -2.31. The van der Waals surface area contributed by atoms with Crippen molar-refractivity contribution in [2.75, 3.05) is 18.4 Å². The van der Waals surface area contributed by atoms with Gasteiger partial charge in [-0.05, 0) is 68.1 Å². The van der Waals surface area contributed by atoms with E-state index in [4.69, 9.17) is 11.6 Å². The highest BCUT2D eigenvalue weighted by Crippen LogP contribution is 2.26. The summed E-state index contributed by atoms with van der Waals surface area (Å²) in [5.41, 5.74) is 1.01. The predicted molar refractivity (Wildman–Crippen MR) is 118 cm³/mol. The number of halogens is 1. The van der Waals surface area contributed by atoms with E-state index in [1.165, 1.54) is 28.6 Å². The van der Waals surface area contributed by atoms with Crippen LogP contribution in [0.2, 0.25) is 5.02 Å². The van der Waals surface area contributed by atoms with E-state index >= 15 is 0 Å². The van der Waals surface area contributed by atoms with E-state index in [0.29, 0.717) is 35.7 Å². The molecule has 0 spiro atoms. The van der Waals surface area contributed by atoms with Crippen LogP contribution < -0.4 is 10.6 Å². The molecule has 2 aromatic rings. The first kappa shape index (κ1) is 21.8. The maximum atomic E-state index is 12.9. The fraction of sp³-hybridized carbons (Fsp3) is 0.364. The Balaban J connectivity index is 1.42. The van der Waals surface area contributed by atoms with Crippen LogP contribution in [0.4, 0.5) is 5.69 Å². The average molecular weight is 462 g/mol. The van der Waals surface area contributed by atoms with Crippen molar-refractivity contribution in [3.05, 3.63) is 59.1 Å². The zero-order valence-electron chi connectivity index (χ0n) is 16.9. The predicted octanol–water partition coefficient (Wildman–Crippen LogP) is 3.27. The fourth-order valence-corrected chi connectivity index (χ4v) is 5.26. The summed E-state index contributed by atoms with van der Waals surface area (Å²) in [5, 5.41) is 6.22. The van der Waals surface area contributed by atoms with Crippen molar-refractivity contribution in [2.24, 2.45) is 5.92 Å². The molecule has 4 rings (SSSR count). The third-order valence-corrected chi connectivity index (χ3v) is 7.64. The smallest absolute Gasteiger partial charge is 0.251 e. The van der Waals surface area contributed by atoms with Gasteiger partial charge in [0.05, 0.1) is 10.8 Å². The molecule has 1 atom stereocenters. The summed E-state index contributed by atoms with van der Waals surface area (Å²) < 4.78 is 27.2. The van der Waals surface area contributed by atoms with Gasteiger partial charge in [-0.2, -0.15) is 4.31 Å². The maximum absolute atomic E-state index is 12.9. The molecule has 1 unspecified atom stereocenters. The Morgan fingerprint density at radius 3 is 2.48 bits per heavy atom. The lowest BCUT2D eigenvalue weighted by Crippen LogP contribution is -2.43. The van der Waals surface area contributed by atoms with E-state index in [0.717, 1.165) is 12.8 Å². The number of carbonyl (C=O) groups is 2. The van der Waals surface area contributed by atoms with E-state index in [2.05, 4.69) is 10.6 Å². The van der Waals surface area contributed by atoms with Crippen molar-refractivity contribution in [2.45, 2.75) is 36.6 Å². The summed E-state index contributed by atoms with van der Waals surface area (Å²) in [4.78, 5) is 25.2. The summed E-state index contributed by atoms with van der Waals surface area (Å²) in [6.45, 7) is 0.476. The van der Waals surface area contributed by atoms with Gasteiger partial charge < -0.3 is 10.6 Å². The standard InChI is InChI=1S/C22H24ClN3O4S/c23-17-6-10-20(11-7-17)31(29,30)26-12-2-4-16(14-26)22(28)25-19-5-1-3-15(13-19)21(27)24-18-8-9-18/h1,3,5-7,10-11,13,16,18H,2,4,8-9,12,14H2,(H,24,27)(H,25,28). The van der Waals surface area contributed by atoms with Crippen LogP contribution in [0.5, 0.6) is 0 Å². The van der Waals surface area contributed by atoms with Gasteiger partial charge in [0.2, 0.25) is 15.9 Å². The van der Waals surface area contributed by atoms with Gasteiger partial charge in [-0.1, -0.05) is 17.7 Å². The first-order chi connectivity index (χ1) is 14.8. The van der Waals surface area contributed by atoms with Gasteiger partial charge in [-0.15, -0.1) is 0 Å². The minimum Gasteiger partial charge on any atom is -0.349 e. The van der Waals surface area contributed by atoms with Crippen LogP contribution in [0, 0.1) is 5.92 Å². The van der Waals surface area contributed by atoms with E-state index in [1.807, 2.05) is 0 Å². The number of carbonyl (C=O) groups excluding carboxylic acids is 2. The first-order valence-corrected chi connectivity index (χ1v) is 12.1. The molecule has 1 saturated heterocycles. The first-order valence-electron chi connectivity index (χ1n) is 10.3. The minimum atomic E-state index is -3.70. The van der Waals surface area contributed by atoms with Crippen LogP contribution in [0.3, 0.4) is 0 Å². The highest BCUT2D eigenvalue weighted by atomic mass is 35.5. The molecule has 2 aliphatic rings. The van der Waals surface area contributed by atoms with Gasteiger partial charge in [0, 0.05) is 35.4 Å². The number of rotatable bonds is 6. The summed E-state index contributed by atoms with van der Waals surface area (Å²) in [5.74, 6) is -0.882. The molecule has 1 heterocycles. The summed E-state index contributed by atoms with van der Waals surface area (Å²) in [6, 6.07) is 13.0. The molecular formula is C22H24ClN3O4S. The molecule has 2 amide bonds. The molecule has 1 aliphatic carbocycles. The lowest BCUT2D eigenvalue weighted by atomic mass is 9.98. The number of hydrogen-bond donors (Lipinski definition) is 2. The van der Waals surface area contributed by atoms with Gasteiger partial charge in [-0.25, -0.2) is 8.42 Å². The van der Waals surface area contributed by atoms with Crippen LogP contribution in [-0.2, 0) is 14.8 Å². The summed E-state index contributed by atoms with van der Waals surface area (Å²) >= 11 is 5.86. The van der Waals surface area contributed by atoms with E-state index in [9.17, 15) is 18.0 Å². The number of hydrogen-bond acceptors (Lipinski definition) is 4. The molecular weight excluding hydrogens is 438 g/mol. The quantitative estimate of drug-likeness (QED) is 0.690. The van der Waals surface area contributed by atoms with Crippen LogP contribution in [-0.4, -0.2) is 43.7 Å². The fourth-order valence-electron chi connectivity index (χ4n) is 3.61. The van der Waals surface area contributed by atoms with E-state index in [1.54, 1.807) is 24.3 Å². The van der Waals surface area contributed by atoms with Crippen LogP contribution in [0.15, 0.2) is 53.4 Å². The Kier molecular flexibility index (Phi) is 6.31. The van der Waals surface area contributed by atoms with Gasteiger partial charge in [0.1, 0.15) is 0 Å². The van der Waals surface area contributed by atoms with E-state index in [-0.39, 0.29) is 29.3 Å². The van der Waals surface area contributed by atoms with Crippen molar-refractivity contribution in [3.8, 4) is 0 Å². The molecule has 1 aliphatic heterocycles. The van der Waals surface area contributed by atoms with Crippen molar-refractivity contribution in [1.29, 1.82) is 0 Å². The van der Waals surface area contributed by atoms with Crippen LogP contribution >= 0.6 is 11.6 Å². The molecule has 0 bridgehead atoms. The highest BCUT2D eigenvalue weighted by molar-refractivity contribution is 7.89. The molecule has 31 heavy (non-hydrogen) atoms. The largest absolute Gasteiger partial charge is 0.349 e. The van der Waals surface area contributed by atoms with Gasteiger partial charge >= 0.3 is 0 Å². The second-order valence-electron chi connectivity index (χ2n) is 7.97. The third-order valence-electron chi connectivity index (χ3n) is 5.51. The summed E-state index contributed by atoms with van der Waals surface area (Å²) in [7, 11) is -3.70. The number of sulfonamides is 1. The number of anilines is 1. The molecule has 7 nitrogen and oxygen atoms in total. The molecule has 0 aromatic heterocycles. The topological polar surface area (TPSA) is 95.6 Å². The molecule has 9 heteroatoms. The monoisotopic (exact) mass is 461 g/mol. The Morgan fingerprint density at radius 2 is 1.77 bits per heavy atom. The third kappa shape index (κ3) is 5.26.